The van der Waals surface area contributed by atoms with Gasteiger partial charge in [-0.2, -0.15) is 0 Å². The van der Waals surface area contributed by atoms with Gasteiger partial charge in [-0.25, -0.2) is 0 Å². The van der Waals surface area contributed by atoms with E-state index in [-0.39, 0.29) is 11.8 Å². The van der Waals surface area contributed by atoms with E-state index in [2.05, 4.69) is 29.5 Å². The minimum Gasteiger partial charge on any atom is -0.488 e. The molecule has 0 aliphatic carbocycles. The maximum atomic E-state index is 12.7. The Morgan fingerprint density at radius 2 is 1.81 bits per heavy atom. The zero-order valence-corrected chi connectivity index (χ0v) is 15.9. The fourth-order valence-electron chi connectivity index (χ4n) is 2.88. The van der Waals surface area contributed by atoms with Crippen LogP contribution in [0.25, 0.3) is 0 Å². The Morgan fingerprint density at radius 3 is 2.52 bits per heavy atom. The largest absolute Gasteiger partial charge is 0.488 e. The number of hydrogen-bond acceptors (Lipinski definition) is 4. The lowest BCUT2D eigenvalue weighted by molar-refractivity contribution is 0.0947. The van der Waals surface area contributed by atoms with Crippen molar-refractivity contribution in [2.75, 3.05) is 6.54 Å². The molecule has 3 rings (SSSR count). The third-order valence-electron chi connectivity index (χ3n) is 4.62. The van der Waals surface area contributed by atoms with E-state index < -0.39 is 0 Å². The summed E-state index contributed by atoms with van der Waals surface area (Å²) < 4.78 is 11.1. The van der Waals surface area contributed by atoms with E-state index in [1.54, 1.807) is 12.1 Å². The van der Waals surface area contributed by atoms with Gasteiger partial charge in [0.2, 0.25) is 0 Å². The normalized spacial score (nSPS) is 11.8. The first-order chi connectivity index (χ1) is 13.1. The predicted molar refractivity (Wildman–Crippen MR) is 104 cm³/mol. The van der Waals surface area contributed by atoms with Crippen LogP contribution in [0.3, 0.4) is 0 Å². The number of para-hydroxylation sites is 1. The van der Waals surface area contributed by atoms with Crippen LogP contribution < -0.4 is 10.1 Å². The molecular weight excluding hydrogens is 340 g/mol. The highest BCUT2D eigenvalue weighted by atomic mass is 16.5. The molecule has 0 aliphatic heterocycles. The second-order valence-electron chi connectivity index (χ2n) is 6.61. The number of hydrogen-bond donors (Lipinski definition) is 1. The quantitative estimate of drug-likeness (QED) is 0.675. The summed E-state index contributed by atoms with van der Waals surface area (Å²) in [7, 11) is 0. The molecule has 0 saturated carbocycles. The summed E-state index contributed by atoms with van der Waals surface area (Å²) in [6, 6.07) is 17.4. The summed E-state index contributed by atoms with van der Waals surface area (Å²) in [6.45, 7) is 6.68. The van der Waals surface area contributed by atoms with Gasteiger partial charge >= 0.3 is 0 Å². The van der Waals surface area contributed by atoms with Gasteiger partial charge in [-0.15, -0.1) is 0 Å². The zero-order valence-electron chi connectivity index (χ0n) is 15.9. The van der Waals surface area contributed by atoms with Gasteiger partial charge in [0.15, 0.2) is 0 Å². The summed E-state index contributed by atoms with van der Waals surface area (Å²) in [5, 5.41) is 6.93. The van der Waals surface area contributed by atoms with Crippen LogP contribution in [-0.4, -0.2) is 17.6 Å². The van der Waals surface area contributed by atoms with Crippen molar-refractivity contribution < 1.29 is 14.1 Å². The van der Waals surface area contributed by atoms with E-state index in [0.717, 1.165) is 17.0 Å². The summed E-state index contributed by atoms with van der Waals surface area (Å²) >= 11 is 0. The average molecular weight is 364 g/mol. The van der Waals surface area contributed by atoms with Crippen molar-refractivity contribution in [3.63, 3.8) is 0 Å². The number of benzene rings is 2. The van der Waals surface area contributed by atoms with Gasteiger partial charge in [0.05, 0.1) is 16.8 Å². The lowest BCUT2D eigenvalue weighted by Crippen LogP contribution is -2.28. The number of aryl methyl sites for hydroxylation is 2. The van der Waals surface area contributed by atoms with Gasteiger partial charge in [0, 0.05) is 6.54 Å². The number of carbonyl (C=O) groups excluding carboxylic acids is 1. The van der Waals surface area contributed by atoms with Crippen molar-refractivity contribution in [2.45, 2.75) is 33.3 Å². The van der Waals surface area contributed by atoms with Crippen LogP contribution >= 0.6 is 0 Å². The highest BCUT2D eigenvalue weighted by Crippen LogP contribution is 2.22. The molecule has 1 atom stereocenters. The Hall–Kier alpha value is -3.08. The third kappa shape index (κ3) is 4.56. The molecule has 1 unspecified atom stereocenters. The third-order valence-corrected chi connectivity index (χ3v) is 4.62. The first-order valence-electron chi connectivity index (χ1n) is 9.03. The van der Waals surface area contributed by atoms with Gasteiger partial charge in [-0.1, -0.05) is 54.5 Å². The van der Waals surface area contributed by atoms with Crippen LogP contribution in [0, 0.1) is 13.8 Å². The molecule has 140 valence electrons. The van der Waals surface area contributed by atoms with E-state index in [9.17, 15) is 4.79 Å². The Balaban J connectivity index is 1.65. The highest BCUT2D eigenvalue weighted by Gasteiger charge is 2.15. The van der Waals surface area contributed by atoms with Gasteiger partial charge in [-0.05, 0) is 37.5 Å². The molecule has 1 aromatic heterocycles. The van der Waals surface area contributed by atoms with Crippen LogP contribution in [-0.2, 0) is 6.61 Å². The van der Waals surface area contributed by atoms with Crippen LogP contribution in [0.15, 0.2) is 59.1 Å². The number of rotatable bonds is 7. The van der Waals surface area contributed by atoms with E-state index in [1.165, 1.54) is 5.56 Å². The van der Waals surface area contributed by atoms with Crippen molar-refractivity contribution in [2.24, 2.45) is 0 Å². The molecule has 0 spiro atoms. The van der Waals surface area contributed by atoms with E-state index in [0.29, 0.717) is 24.5 Å². The Bertz CT molecular complexity index is 883. The summed E-state index contributed by atoms with van der Waals surface area (Å²) in [5.41, 5.74) is 3.42. The van der Waals surface area contributed by atoms with Gasteiger partial charge < -0.3 is 14.6 Å². The van der Waals surface area contributed by atoms with Crippen LogP contribution in [0.4, 0.5) is 0 Å². The molecule has 0 fully saturated rings. The van der Waals surface area contributed by atoms with Crippen LogP contribution in [0.1, 0.15) is 45.8 Å². The molecule has 2 aromatic carbocycles. The number of ether oxygens (including phenoxy) is 1. The molecule has 0 aliphatic rings. The van der Waals surface area contributed by atoms with Crippen molar-refractivity contribution in [3.8, 4) is 5.75 Å². The maximum absolute atomic E-state index is 12.7. The smallest absolute Gasteiger partial charge is 0.255 e. The van der Waals surface area contributed by atoms with Crippen molar-refractivity contribution in [1.82, 2.24) is 10.5 Å². The number of nitrogens with one attached hydrogen (secondary N) is 1. The first-order valence-corrected chi connectivity index (χ1v) is 9.03. The molecule has 27 heavy (non-hydrogen) atoms. The lowest BCUT2D eigenvalue weighted by atomic mass is 10.0. The maximum Gasteiger partial charge on any atom is 0.255 e. The lowest BCUT2D eigenvalue weighted by Gasteiger charge is -2.15. The number of carbonyl (C=O) groups is 1. The van der Waals surface area contributed by atoms with Crippen LogP contribution in [0.5, 0.6) is 5.75 Å². The molecular formula is C22H24N2O3. The molecule has 1 amide bonds. The molecule has 3 aromatic rings. The van der Waals surface area contributed by atoms with Gasteiger partial charge in [0.1, 0.15) is 18.1 Å². The van der Waals surface area contributed by atoms with Crippen molar-refractivity contribution in [1.29, 1.82) is 0 Å². The van der Waals surface area contributed by atoms with E-state index >= 15 is 0 Å². The fraction of sp³-hybridized carbons (Fsp3) is 0.273. The van der Waals surface area contributed by atoms with Gasteiger partial charge in [-0.3, -0.25) is 4.79 Å². The van der Waals surface area contributed by atoms with Crippen molar-refractivity contribution in [3.05, 3.63) is 82.7 Å². The molecule has 0 radical (unpaired) electrons. The number of nitrogens with zero attached hydrogens (tertiary/aromatic N) is 1. The number of amides is 1. The minimum absolute atomic E-state index is 0.146. The number of aromatic nitrogens is 1. The SMILES string of the molecule is Cc1noc(C)c1COc1ccccc1C(=O)NCC(C)c1ccccc1. The summed E-state index contributed by atoms with van der Waals surface area (Å²) in [4.78, 5) is 12.7. The predicted octanol–water partition coefficient (Wildman–Crippen LogP) is 4.40. The summed E-state index contributed by atoms with van der Waals surface area (Å²) in [5.74, 6) is 1.35. The summed E-state index contributed by atoms with van der Waals surface area (Å²) in [6.07, 6.45) is 0. The van der Waals surface area contributed by atoms with Crippen molar-refractivity contribution >= 4 is 5.91 Å². The topological polar surface area (TPSA) is 64.4 Å². The Kier molecular flexibility index (Phi) is 5.91. The standard InChI is InChI=1S/C22H24N2O3/c1-15(18-9-5-4-6-10-18)13-23-22(25)19-11-7-8-12-21(19)26-14-20-16(2)24-27-17(20)3/h4-12,15H,13-14H2,1-3H3,(H,23,25). The molecule has 5 nitrogen and oxygen atoms in total. The second-order valence-corrected chi connectivity index (χ2v) is 6.61. The van der Waals surface area contributed by atoms with Crippen LogP contribution in [0.2, 0.25) is 0 Å². The zero-order chi connectivity index (χ0) is 19.2. The molecule has 0 saturated heterocycles. The first kappa shape index (κ1) is 18.7. The molecule has 1 N–H and O–H groups in total. The Labute approximate surface area is 159 Å². The Morgan fingerprint density at radius 1 is 1.11 bits per heavy atom. The minimum atomic E-state index is -0.146. The second kappa shape index (κ2) is 8.54. The molecule has 1 heterocycles. The fourth-order valence-corrected chi connectivity index (χ4v) is 2.88. The molecule has 5 heteroatoms. The monoisotopic (exact) mass is 364 g/mol. The molecule has 0 bridgehead atoms. The average Bonchev–Trinajstić information content (AvgIpc) is 3.02. The van der Waals surface area contributed by atoms with E-state index in [1.807, 2.05) is 44.2 Å². The highest BCUT2D eigenvalue weighted by molar-refractivity contribution is 5.96. The van der Waals surface area contributed by atoms with Gasteiger partial charge in [0.25, 0.3) is 5.91 Å². The van der Waals surface area contributed by atoms with E-state index in [4.69, 9.17) is 9.26 Å².